The molecule has 0 saturated carbocycles. The molecule has 4 heteroatoms. The van der Waals surface area contributed by atoms with Gasteiger partial charge in [-0.05, 0) is 42.8 Å². The number of halogens is 1. The molecule has 0 bridgehead atoms. The van der Waals surface area contributed by atoms with Crippen LogP contribution in [-0.2, 0) is 0 Å². The maximum atomic E-state index is 13.8. The fourth-order valence-corrected chi connectivity index (χ4v) is 1.66. The van der Waals surface area contributed by atoms with Crippen molar-refractivity contribution in [2.45, 2.75) is 6.92 Å². The molecule has 0 aliphatic heterocycles. The van der Waals surface area contributed by atoms with Gasteiger partial charge in [0, 0.05) is 5.69 Å². The fourth-order valence-electron chi connectivity index (χ4n) is 1.66. The first-order valence-electron chi connectivity index (χ1n) is 5.61. The molecule has 2 rings (SSSR count). The number of aryl methyl sites for hydroxylation is 1. The SMILES string of the molecule is Cc1ccc(C#N)cc1Nc1ccc(C#N)cc1F. The van der Waals surface area contributed by atoms with Crippen LogP contribution in [0.15, 0.2) is 36.4 Å². The third kappa shape index (κ3) is 2.70. The summed E-state index contributed by atoms with van der Waals surface area (Å²) in [6.07, 6.45) is 0. The Kier molecular flexibility index (Phi) is 3.45. The Hall–Kier alpha value is -2.85. The number of nitriles is 2. The van der Waals surface area contributed by atoms with E-state index < -0.39 is 5.82 Å². The van der Waals surface area contributed by atoms with Gasteiger partial charge in [-0.2, -0.15) is 10.5 Å². The molecule has 92 valence electrons. The summed E-state index contributed by atoms with van der Waals surface area (Å²) in [4.78, 5) is 0. The second-order valence-electron chi connectivity index (χ2n) is 4.07. The highest BCUT2D eigenvalue weighted by molar-refractivity contribution is 5.65. The van der Waals surface area contributed by atoms with E-state index in [1.165, 1.54) is 18.2 Å². The molecule has 1 N–H and O–H groups in total. The first-order chi connectivity index (χ1) is 9.13. The quantitative estimate of drug-likeness (QED) is 0.886. The molecule has 2 aromatic carbocycles. The minimum atomic E-state index is -0.499. The number of hydrogen-bond acceptors (Lipinski definition) is 3. The standard InChI is InChI=1S/C15H10FN3/c1-10-2-3-12(9-18)7-15(10)19-14-5-4-11(8-17)6-13(14)16/h2-7,19H,1H3. The molecule has 0 atom stereocenters. The van der Waals surface area contributed by atoms with Crippen LogP contribution in [0.25, 0.3) is 0 Å². The number of nitrogens with one attached hydrogen (secondary N) is 1. The second-order valence-corrected chi connectivity index (χ2v) is 4.07. The molecule has 19 heavy (non-hydrogen) atoms. The number of rotatable bonds is 2. The molecule has 0 aliphatic rings. The summed E-state index contributed by atoms with van der Waals surface area (Å²) in [6.45, 7) is 1.87. The second kappa shape index (κ2) is 5.20. The van der Waals surface area contributed by atoms with E-state index in [2.05, 4.69) is 5.32 Å². The maximum absolute atomic E-state index is 13.8. The molecule has 0 aliphatic carbocycles. The number of anilines is 2. The Morgan fingerprint density at radius 1 is 0.947 bits per heavy atom. The van der Waals surface area contributed by atoms with Gasteiger partial charge in [-0.1, -0.05) is 6.07 Å². The van der Waals surface area contributed by atoms with E-state index in [4.69, 9.17) is 10.5 Å². The zero-order valence-corrected chi connectivity index (χ0v) is 10.2. The van der Waals surface area contributed by atoms with Crippen LogP contribution < -0.4 is 5.32 Å². The van der Waals surface area contributed by atoms with Gasteiger partial charge in [-0.3, -0.25) is 0 Å². The molecule has 0 radical (unpaired) electrons. The first kappa shape index (κ1) is 12.6. The molecule has 0 heterocycles. The Morgan fingerprint density at radius 2 is 1.58 bits per heavy atom. The lowest BCUT2D eigenvalue weighted by Gasteiger charge is -2.10. The lowest BCUT2D eigenvalue weighted by Crippen LogP contribution is -1.97. The van der Waals surface area contributed by atoms with E-state index >= 15 is 0 Å². The van der Waals surface area contributed by atoms with E-state index in [-0.39, 0.29) is 11.3 Å². The minimum Gasteiger partial charge on any atom is -0.353 e. The van der Waals surface area contributed by atoms with E-state index in [1.54, 1.807) is 18.2 Å². The smallest absolute Gasteiger partial charge is 0.147 e. The van der Waals surface area contributed by atoms with Crippen molar-refractivity contribution in [1.29, 1.82) is 10.5 Å². The van der Waals surface area contributed by atoms with Crippen molar-refractivity contribution in [2.75, 3.05) is 5.32 Å². The molecule has 0 spiro atoms. The first-order valence-corrected chi connectivity index (χ1v) is 5.61. The number of nitrogens with zero attached hydrogens (tertiary/aromatic N) is 2. The topological polar surface area (TPSA) is 59.6 Å². The highest BCUT2D eigenvalue weighted by Crippen LogP contribution is 2.24. The lowest BCUT2D eigenvalue weighted by atomic mass is 10.1. The van der Waals surface area contributed by atoms with E-state index in [0.29, 0.717) is 11.3 Å². The predicted molar refractivity (Wildman–Crippen MR) is 70.3 cm³/mol. The van der Waals surface area contributed by atoms with Gasteiger partial charge in [0.25, 0.3) is 0 Å². The van der Waals surface area contributed by atoms with E-state index in [0.717, 1.165) is 5.56 Å². The van der Waals surface area contributed by atoms with Gasteiger partial charge < -0.3 is 5.32 Å². The summed E-state index contributed by atoms with van der Waals surface area (Å²) < 4.78 is 13.8. The number of benzene rings is 2. The van der Waals surface area contributed by atoms with Crippen LogP contribution >= 0.6 is 0 Å². The van der Waals surface area contributed by atoms with Crippen LogP contribution in [0.3, 0.4) is 0 Å². The summed E-state index contributed by atoms with van der Waals surface area (Å²) in [5.41, 5.74) is 2.62. The van der Waals surface area contributed by atoms with Gasteiger partial charge in [-0.25, -0.2) is 4.39 Å². The van der Waals surface area contributed by atoms with Crippen LogP contribution in [0.4, 0.5) is 15.8 Å². The lowest BCUT2D eigenvalue weighted by molar-refractivity contribution is 0.631. The van der Waals surface area contributed by atoms with Gasteiger partial charge in [0.1, 0.15) is 5.82 Å². The average molecular weight is 251 g/mol. The molecule has 0 amide bonds. The Morgan fingerprint density at radius 3 is 2.21 bits per heavy atom. The zero-order chi connectivity index (χ0) is 13.8. The van der Waals surface area contributed by atoms with Crippen LogP contribution in [0, 0.1) is 35.4 Å². The summed E-state index contributed by atoms with van der Waals surface area (Å²) >= 11 is 0. The monoisotopic (exact) mass is 251 g/mol. The molecule has 0 fully saturated rings. The number of hydrogen-bond donors (Lipinski definition) is 1. The van der Waals surface area contributed by atoms with Crippen LogP contribution in [0.5, 0.6) is 0 Å². The van der Waals surface area contributed by atoms with Crippen LogP contribution in [0.1, 0.15) is 16.7 Å². The summed E-state index contributed by atoms with van der Waals surface area (Å²) in [5, 5.41) is 20.5. The third-order valence-electron chi connectivity index (χ3n) is 2.73. The van der Waals surface area contributed by atoms with Gasteiger partial charge in [-0.15, -0.1) is 0 Å². The summed E-state index contributed by atoms with van der Waals surface area (Å²) in [6, 6.07) is 13.3. The molecule has 2 aromatic rings. The van der Waals surface area contributed by atoms with Crippen molar-refractivity contribution >= 4 is 11.4 Å². The van der Waals surface area contributed by atoms with E-state index in [1.807, 2.05) is 19.1 Å². The molecule has 0 saturated heterocycles. The fraction of sp³-hybridized carbons (Fsp3) is 0.0667. The third-order valence-corrected chi connectivity index (χ3v) is 2.73. The van der Waals surface area contributed by atoms with Crippen molar-refractivity contribution in [2.24, 2.45) is 0 Å². The van der Waals surface area contributed by atoms with Gasteiger partial charge in [0.2, 0.25) is 0 Å². The van der Waals surface area contributed by atoms with Gasteiger partial charge >= 0.3 is 0 Å². The minimum absolute atomic E-state index is 0.269. The molecular weight excluding hydrogens is 241 g/mol. The van der Waals surface area contributed by atoms with Crippen molar-refractivity contribution in [3.05, 3.63) is 58.9 Å². The molecular formula is C15H10FN3. The Balaban J connectivity index is 2.37. The van der Waals surface area contributed by atoms with Gasteiger partial charge in [0.15, 0.2) is 0 Å². The van der Waals surface area contributed by atoms with Crippen molar-refractivity contribution in [3.63, 3.8) is 0 Å². The predicted octanol–water partition coefficient (Wildman–Crippen LogP) is 3.62. The van der Waals surface area contributed by atoms with Crippen molar-refractivity contribution in [1.82, 2.24) is 0 Å². The van der Waals surface area contributed by atoms with Crippen molar-refractivity contribution in [3.8, 4) is 12.1 Å². The molecule has 0 aromatic heterocycles. The van der Waals surface area contributed by atoms with Crippen molar-refractivity contribution < 1.29 is 4.39 Å². The molecule has 0 unspecified atom stereocenters. The van der Waals surface area contributed by atoms with Crippen LogP contribution in [0.2, 0.25) is 0 Å². The van der Waals surface area contributed by atoms with Crippen LogP contribution in [-0.4, -0.2) is 0 Å². The Bertz CT molecular complexity index is 708. The largest absolute Gasteiger partial charge is 0.353 e. The highest BCUT2D eigenvalue weighted by atomic mass is 19.1. The summed E-state index contributed by atoms with van der Waals surface area (Å²) in [7, 11) is 0. The Labute approximate surface area is 110 Å². The maximum Gasteiger partial charge on any atom is 0.147 e. The average Bonchev–Trinajstić information content (AvgIpc) is 2.43. The highest BCUT2D eigenvalue weighted by Gasteiger charge is 2.06. The van der Waals surface area contributed by atoms with E-state index in [9.17, 15) is 4.39 Å². The van der Waals surface area contributed by atoms with Gasteiger partial charge in [0.05, 0.1) is 29.0 Å². The summed E-state index contributed by atoms with van der Waals surface area (Å²) in [5.74, 6) is -0.499. The molecule has 3 nitrogen and oxygen atoms in total. The zero-order valence-electron chi connectivity index (χ0n) is 10.2. The normalized spacial score (nSPS) is 9.47.